The standard InChI is InChI=1S/C8H19NO3S/c1-3-7-13(11,12)9-8(4-2)5-6-10/h8-10H,3-7H2,1-2H3. The van der Waals surface area contributed by atoms with E-state index in [-0.39, 0.29) is 18.4 Å². The van der Waals surface area contributed by atoms with Gasteiger partial charge in [-0.1, -0.05) is 13.8 Å². The minimum absolute atomic E-state index is 0.0210. The minimum Gasteiger partial charge on any atom is -0.396 e. The molecule has 0 aliphatic heterocycles. The fourth-order valence-electron chi connectivity index (χ4n) is 1.08. The Morgan fingerprint density at radius 2 is 2.00 bits per heavy atom. The van der Waals surface area contributed by atoms with Crippen LogP contribution in [0.2, 0.25) is 0 Å². The molecule has 0 aliphatic rings. The number of nitrogens with one attached hydrogen (secondary N) is 1. The van der Waals surface area contributed by atoms with E-state index in [1.807, 2.05) is 13.8 Å². The molecule has 0 saturated carbocycles. The lowest BCUT2D eigenvalue weighted by Crippen LogP contribution is -2.36. The summed E-state index contributed by atoms with van der Waals surface area (Å²) in [5, 5.41) is 8.66. The quantitative estimate of drug-likeness (QED) is 0.641. The van der Waals surface area contributed by atoms with Gasteiger partial charge in [0.1, 0.15) is 0 Å². The number of aliphatic hydroxyl groups is 1. The largest absolute Gasteiger partial charge is 0.396 e. The summed E-state index contributed by atoms with van der Waals surface area (Å²) in [5.41, 5.74) is 0. The van der Waals surface area contributed by atoms with Gasteiger partial charge in [-0.2, -0.15) is 0 Å². The fraction of sp³-hybridized carbons (Fsp3) is 1.00. The Labute approximate surface area is 80.4 Å². The maximum atomic E-state index is 11.3. The van der Waals surface area contributed by atoms with Gasteiger partial charge >= 0.3 is 0 Å². The molecule has 0 fully saturated rings. The van der Waals surface area contributed by atoms with Gasteiger partial charge in [0.2, 0.25) is 10.0 Å². The van der Waals surface area contributed by atoms with E-state index in [0.29, 0.717) is 19.3 Å². The zero-order chi connectivity index (χ0) is 10.3. The summed E-state index contributed by atoms with van der Waals surface area (Å²) in [4.78, 5) is 0. The van der Waals surface area contributed by atoms with Crippen LogP contribution in [-0.2, 0) is 10.0 Å². The Bertz CT molecular complexity index is 213. The smallest absolute Gasteiger partial charge is 0.211 e. The van der Waals surface area contributed by atoms with Crippen molar-refractivity contribution >= 4 is 10.0 Å². The van der Waals surface area contributed by atoms with Crippen molar-refractivity contribution in [2.45, 2.75) is 39.2 Å². The molecule has 0 aromatic rings. The van der Waals surface area contributed by atoms with Crippen LogP contribution in [0.15, 0.2) is 0 Å². The first-order chi connectivity index (χ1) is 6.05. The van der Waals surface area contributed by atoms with Crippen molar-refractivity contribution < 1.29 is 13.5 Å². The molecule has 0 bridgehead atoms. The molecule has 0 aromatic carbocycles. The molecule has 0 aromatic heterocycles. The molecule has 2 N–H and O–H groups in total. The summed E-state index contributed by atoms with van der Waals surface area (Å²) < 4.78 is 25.1. The molecule has 0 aliphatic carbocycles. The normalized spacial score (nSPS) is 14.4. The van der Waals surface area contributed by atoms with E-state index < -0.39 is 10.0 Å². The third kappa shape index (κ3) is 6.01. The van der Waals surface area contributed by atoms with Crippen LogP contribution in [-0.4, -0.2) is 31.9 Å². The van der Waals surface area contributed by atoms with Gasteiger partial charge in [-0.05, 0) is 19.3 Å². The third-order valence-electron chi connectivity index (χ3n) is 1.79. The number of hydrogen-bond donors (Lipinski definition) is 2. The summed E-state index contributed by atoms with van der Waals surface area (Å²) in [6.07, 6.45) is 1.81. The lowest BCUT2D eigenvalue weighted by atomic mass is 10.2. The Kier molecular flexibility index (Phi) is 6.28. The van der Waals surface area contributed by atoms with Crippen LogP contribution in [0.25, 0.3) is 0 Å². The van der Waals surface area contributed by atoms with Crippen molar-refractivity contribution in [1.29, 1.82) is 0 Å². The molecule has 0 saturated heterocycles. The van der Waals surface area contributed by atoms with E-state index in [1.165, 1.54) is 0 Å². The maximum Gasteiger partial charge on any atom is 0.211 e. The van der Waals surface area contributed by atoms with Crippen LogP contribution in [0.1, 0.15) is 33.1 Å². The first kappa shape index (κ1) is 12.9. The van der Waals surface area contributed by atoms with E-state index in [9.17, 15) is 8.42 Å². The summed E-state index contributed by atoms with van der Waals surface area (Å²) in [6.45, 7) is 3.74. The molecular formula is C8H19NO3S. The van der Waals surface area contributed by atoms with Crippen LogP contribution in [0, 0.1) is 0 Å². The Morgan fingerprint density at radius 1 is 1.38 bits per heavy atom. The van der Waals surface area contributed by atoms with Crippen LogP contribution in [0.4, 0.5) is 0 Å². The van der Waals surface area contributed by atoms with Crippen LogP contribution < -0.4 is 4.72 Å². The first-order valence-corrected chi connectivity index (χ1v) is 6.31. The molecule has 0 radical (unpaired) electrons. The molecule has 1 unspecified atom stereocenters. The summed E-state index contributed by atoms with van der Waals surface area (Å²) in [5.74, 6) is 0.162. The average Bonchev–Trinajstić information content (AvgIpc) is 2.03. The highest BCUT2D eigenvalue weighted by Crippen LogP contribution is 2.00. The zero-order valence-corrected chi connectivity index (χ0v) is 9.10. The van der Waals surface area contributed by atoms with E-state index in [1.54, 1.807) is 0 Å². The van der Waals surface area contributed by atoms with Gasteiger partial charge in [0.25, 0.3) is 0 Å². The van der Waals surface area contributed by atoms with Gasteiger partial charge in [0, 0.05) is 12.6 Å². The van der Waals surface area contributed by atoms with Gasteiger partial charge < -0.3 is 5.11 Å². The number of rotatable bonds is 7. The summed E-state index contributed by atoms with van der Waals surface area (Å²) in [6, 6.07) is -0.124. The lowest BCUT2D eigenvalue weighted by Gasteiger charge is -2.15. The van der Waals surface area contributed by atoms with Gasteiger partial charge in [0.05, 0.1) is 5.75 Å². The van der Waals surface area contributed by atoms with E-state index >= 15 is 0 Å². The highest BCUT2D eigenvalue weighted by Gasteiger charge is 2.14. The van der Waals surface area contributed by atoms with Gasteiger partial charge in [-0.3, -0.25) is 0 Å². The average molecular weight is 209 g/mol. The number of aliphatic hydroxyl groups excluding tert-OH is 1. The van der Waals surface area contributed by atoms with Crippen molar-refractivity contribution in [2.24, 2.45) is 0 Å². The monoisotopic (exact) mass is 209 g/mol. The van der Waals surface area contributed by atoms with Gasteiger partial charge in [0.15, 0.2) is 0 Å². The molecule has 5 heteroatoms. The molecule has 0 rings (SSSR count). The first-order valence-electron chi connectivity index (χ1n) is 4.66. The predicted octanol–water partition coefficient (Wildman–Crippen LogP) is 0.477. The zero-order valence-electron chi connectivity index (χ0n) is 8.28. The second kappa shape index (κ2) is 6.34. The van der Waals surface area contributed by atoms with Crippen molar-refractivity contribution in [3.63, 3.8) is 0 Å². The Balaban J connectivity index is 4.06. The fourth-order valence-corrected chi connectivity index (χ4v) is 2.53. The Morgan fingerprint density at radius 3 is 2.38 bits per heavy atom. The second-order valence-corrected chi connectivity index (χ2v) is 4.93. The topological polar surface area (TPSA) is 66.4 Å². The molecule has 4 nitrogen and oxygen atoms in total. The van der Waals surface area contributed by atoms with E-state index in [2.05, 4.69) is 4.72 Å². The highest BCUT2D eigenvalue weighted by molar-refractivity contribution is 7.89. The van der Waals surface area contributed by atoms with Crippen LogP contribution in [0.3, 0.4) is 0 Å². The molecular weight excluding hydrogens is 190 g/mol. The van der Waals surface area contributed by atoms with Gasteiger partial charge in [-0.15, -0.1) is 0 Å². The molecule has 80 valence electrons. The van der Waals surface area contributed by atoms with E-state index in [4.69, 9.17) is 5.11 Å². The van der Waals surface area contributed by atoms with Crippen molar-refractivity contribution in [2.75, 3.05) is 12.4 Å². The summed E-state index contributed by atoms with van der Waals surface area (Å²) in [7, 11) is -3.13. The van der Waals surface area contributed by atoms with Gasteiger partial charge in [-0.25, -0.2) is 13.1 Å². The van der Waals surface area contributed by atoms with Crippen LogP contribution >= 0.6 is 0 Å². The highest BCUT2D eigenvalue weighted by atomic mass is 32.2. The molecule has 0 heterocycles. The lowest BCUT2D eigenvalue weighted by molar-refractivity contribution is 0.270. The van der Waals surface area contributed by atoms with Crippen LogP contribution in [0.5, 0.6) is 0 Å². The number of sulfonamides is 1. The second-order valence-electron chi connectivity index (χ2n) is 3.05. The molecule has 13 heavy (non-hydrogen) atoms. The minimum atomic E-state index is -3.13. The summed E-state index contributed by atoms with van der Waals surface area (Å²) >= 11 is 0. The van der Waals surface area contributed by atoms with Crippen molar-refractivity contribution in [3.05, 3.63) is 0 Å². The third-order valence-corrected chi connectivity index (χ3v) is 3.43. The van der Waals surface area contributed by atoms with E-state index in [0.717, 1.165) is 0 Å². The maximum absolute atomic E-state index is 11.3. The predicted molar refractivity (Wildman–Crippen MR) is 53.0 cm³/mol. The molecule has 0 spiro atoms. The SMILES string of the molecule is CCCS(=O)(=O)NC(CC)CCO. The number of hydrogen-bond acceptors (Lipinski definition) is 3. The van der Waals surface area contributed by atoms with Crippen molar-refractivity contribution in [3.8, 4) is 0 Å². The molecule has 1 atom stereocenters. The Hall–Kier alpha value is -0.130. The molecule has 0 amide bonds. The van der Waals surface area contributed by atoms with Crippen molar-refractivity contribution in [1.82, 2.24) is 4.72 Å².